The lowest BCUT2D eigenvalue weighted by molar-refractivity contribution is -0.386. The van der Waals surface area contributed by atoms with Gasteiger partial charge in [-0.25, -0.2) is 5.43 Å². The van der Waals surface area contributed by atoms with Gasteiger partial charge in [0, 0.05) is 5.02 Å². The fraction of sp³-hybridized carbons (Fsp3) is 0.125. The second kappa shape index (κ2) is 9.19. The number of rotatable bonds is 7. The zero-order chi connectivity index (χ0) is 20.0. The number of carbonyl (C=O) groups is 1. The van der Waals surface area contributed by atoms with Gasteiger partial charge in [0.25, 0.3) is 5.91 Å². The first-order valence-corrected chi connectivity index (χ1v) is 8.44. The highest BCUT2D eigenvalue weighted by Crippen LogP contribution is 2.37. The van der Waals surface area contributed by atoms with Crippen LogP contribution in [0, 0.1) is 10.1 Å². The Balaban J connectivity index is 2.02. The first kappa shape index (κ1) is 20.5. The molecule has 0 aliphatic heterocycles. The van der Waals surface area contributed by atoms with Crippen LogP contribution in [-0.4, -0.2) is 35.9 Å². The standard InChI is InChI=1S/C16H13BrClN3O6/c1-26-16-12(22)4-2-9(15(16)21(24)25)7-19-20-14(23)8-27-13-5-3-10(18)6-11(13)17/h2-7,22H,8H2,1H3,(H,20,23)/b19-7+. The third kappa shape index (κ3) is 5.31. The number of phenolic OH excluding ortho intramolecular Hbond substituents is 1. The molecule has 27 heavy (non-hydrogen) atoms. The number of carbonyl (C=O) groups excluding carboxylic acids is 1. The molecule has 2 aromatic carbocycles. The van der Waals surface area contributed by atoms with Crippen LogP contribution in [0.2, 0.25) is 5.02 Å². The molecule has 0 aromatic heterocycles. The molecule has 0 radical (unpaired) electrons. The summed E-state index contributed by atoms with van der Waals surface area (Å²) in [5.41, 5.74) is 1.75. The van der Waals surface area contributed by atoms with E-state index in [1.807, 2.05) is 0 Å². The molecule has 0 bridgehead atoms. The van der Waals surface area contributed by atoms with Crippen molar-refractivity contribution in [2.45, 2.75) is 0 Å². The summed E-state index contributed by atoms with van der Waals surface area (Å²) in [6.07, 6.45) is 1.07. The third-order valence-corrected chi connectivity index (χ3v) is 4.03. The molecule has 11 heteroatoms. The number of aromatic hydroxyl groups is 1. The van der Waals surface area contributed by atoms with E-state index in [1.54, 1.807) is 18.2 Å². The zero-order valence-corrected chi connectivity index (χ0v) is 16.2. The summed E-state index contributed by atoms with van der Waals surface area (Å²) in [7, 11) is 1.19. The van der Waals surface area contributed by atoms with Gasteiger partial charge < -0.3 is 14.6 Å². The summed E-state index contributed by atoms with van der Waals surface area (Å²) in [4.78, 5) is 22.3. The molecule has 0 heterocycles. The summed E-state index contributed by atoms with van der Waals surface area (Å²) in [5.74, 6) is -0.850. The van der Waals surface area contributed by atoms with E-state index >= 15 is 0 Å². The van der Waals surface area contributed by atoms with Crippen LogP contribution in [-0.2, 0) is 4.79 Å². The maximum absolute atomic E-state index is 11.8. The van der Waals surface area contributed by atoms with E-state index < -0.39 is 16.5 Å². The van der Waals surface area contributed by atoms with Crippen molar-refractivity contribution in [2.24, 2.45) is 5.10 Å². The smallest absolute Gasteiger partial charge is 0.323 e. The number of nitro benzene ring substituents is 1. The molecule has 0 fully saturated rings. The predicted octanol–water partition coefficient (Wildman–Crippen LogP) is 3.25. The number of hydrogen-bond donors (Lipinski definition) is 2. The van der Waals surface area contributed by atoms with Gasteiger partial charge in [-0.15, -0.1) is 0 Å². The molecule has 2 aromatic rings. The maximum atomic E-state index is 11.8. The SMILES string of the molecule is COc1c(O)ccc(/C=N/NC(=O)COc2ccc(Cl)cc2Br)c1[N+](=O)[O-]. The molecule has 0 aliphatic rings. The number of halogens is 2. The quantitative estimate of drug-likeness (QED) is 0.373. The highest BCUT2D eigenvalue weighted by Gasteiger charge is 2.23. The van der Waals surface area contributed by atoms with Gasteiger partial charge in [0.15, 0.2) is 12.4 Å². The zero-order valence-electron chi connectivity index (χ0n) is 13.8. The Morgan fingerprint density at radius 3 is 2.81 bits per heavy atom. The molecule has 0 aliphatic carbocycles. The lowest BCUT2D eigenvalue weighted by Crippen LogP contribution is -2.24. The van der Waals surface area contributed by atoms with Gasteiger partial charge in [-0.3, -0.25) is 14.9 Å². The van der Waals surface area contributed by atoms with E-state index in [2.05, 4.69) is 26.5 Å². The molecule has 2 rings (SSSR count). The summed E-state index contributed by atoms with van der Waals surface area (Å²) >= 11 is 9.07. The number of ether oxygens (including phenoxy) is 2. The molecule has 0 saturated heterocycles. The number of phenols is 1. The second-order valence-electron chi connectivity index (χ2n) is 4.97. The van der Waals surface area contributed by atoms with Crippen molar-refractivity contribution in [3.8, 4) is 17.2 Å². The van der Waals surface area contributed by atoms with Gasteiger partial charge >= 0.3 is 5.69 Å². The van der Waals surface area contributed by atoms with E-state index in [9.17, 15) is 20.0 Å². The summed E-state index contributed by atoms with van der Waals surface area (Å²) in [5, 5.41) is 25.0. The molecular weight excluding hydrogens is 446 g/mol. The van der Waals surface area contributed by atoms with Crippen LogP contribution in [0.5, 0.6) is 17.2 Å². The minimum atomic E-state index is -0.719. The molecule has 0 spiro atoms. The van der Waals surface area contributed by atoms with Gasteiger partial charge in [-0.1, -0.05) is 11.6 Å². The summed E-state index contributed by atoms with van der Waals surface area (Å²) in [6, 6.07) is 7.30. The van der Waals surface area contributed by atoms with Gasteiger partial charge in [-0.05, 0) is 46.3 Å². The van der Waals surface area contributed by atoms with E-state index in [1.165, 1.54) is 19.2 Å². The topological polar surface area (TPSA) is 123 Å². The van der Waals surface area contributed by atoms with Gasteiger partial charge in [0.05, 0.1) is 28.3 Å². The fourth-order valence-corrected chi connectivity index (χ4v) is 2.81. The Kier molecular flexibility index (Phi) is 6.97. The summed E-state index contributed by atoms with van der Waals surface area (Å²) < 4.78 is 10.7. The average molecular weight is 459 g/mol. The van der Waals surface area contributed by atoms with Gasteiger partial charge in [0.2, 0.25) is 5.75 Å². The number of hydrogen-bond acceptors (Lipinski definition) is 7. The molecule has 0 atom stereocenters. The van der Waals surface area contributed by atoms with E-state index in [4.69, 9.17) is 21.1 Å². The van der Waals surface area contributed by atoms with Gasteiger partial charge in [0.1, 0.15) is 5.75 Å². The van der Waals surface area contributed by atoms with Crippen LogP contribution in [0.4, 0.5) is 5.69 Å². The Labute approximate surface area is 166 Å². The number of hydrazone groups is 1. The molecule has 1 amide bonds. The van der Waals surface area contributed by atoms with Gasteiger partial charge in [-0.2, -0.15) is 5.10 Å². The Morgan fingerprint density at radius 1 is 1.44 bits per heavy atom. The van der Waals surface area contributed by atoms with Crippen molar-refractivity contribution < 1.29 is 24.3 Å². The molecular formula is C16H13BrClN3O6. The molecule has 142 valence electrons. The normalized spacial score (nSPS) is 10.6. The summed E-state index contributed by atoms with van der Waals surface area (Å²) in [6.45, 7) is -0.335. The number of nitro groups is 1. The van der Waals surface area contributed by atoms with Crippen molar-refractivity contribution in [2.75, 3.05) is 13.7 Å². The highest BCUT2D eigenvalue weighted by molar-refractivity contribution is 9.10. The van der Waals surface area contributed by atoms with Crippen molar-refractivity contribution in [3.63, 3.8) is 0 Å². The van der Waals surface area contributed by atoms with E-state index in [0.717, 1.165) is 6.21 Å². The number of nitrogens with one attached hydrogen (secondary N) is 1. The monoisotopic (exact) mass is 457 g/mol. The predicted molar refractivity (Wildman–Crippen MR) is 102 cm³/mol. The van der Waals surface area contributed by atoms with Crippen molar-refractivity contribution in [1.82, 2.24) is 5.43 Å². The van der Waals surface area contributed by atoms with Crippen LogP contribution in [0.15, 0.2) is 39.9 Å². The van der Waals surface area contributed by atoms with Crippen LogP contribution in [0.3, 0.4) is 0 Å². The third-order valence-electron chi connectivity index (χ3n) is 3.17. The minimum Gasteiger partial charge on any atom is -0.504 e. The van der Waals surface area contributed by atoms with E-state index in [-0.39, 0.29) is 23.7 Å². The second-order valence-corrected chi connectivity index (χ2v) is 6.26. The molecule has 9 nitrogen and oxygen atoms in total. The number of methoxy groups -OCH3 is 1. The van der Waals surface area contributed by atoms with Crippen LogP contribution < -0.4 is 14.9 Å². The molecule has 2 N–H and O–H groups in total. The minimum absolute atomic E-state index is 0.0383. The van der Waals surface area contributed by atoms with Crippen LogP contribution in [0.1, 0.15) is 5.56 Å². The fourth-order valence-electron chi connectivity index (χ4n) is 2.01. The first-order chi connectivity index (χ1) is 12.8. The lowest BCUT2D eigenvalue weighted by atomic mass is 10.1. The number of benzene rings is 2. The van der Waals surface area contributed by atoms with Crippen LogP contribution in [0.25, 0.3) is 0 Å². The van der Waals surface area contributed by atoms with Crippen LogP contribution >= 0.6 is 27.5 Å². The average Bonchev–Trinajstić information content (AvgIpc) is 2.61. The first-order valence-electron chi connectivity index (χ1n) is 7.27. The largest absolute Gasteiger partial charge is 0.504 e. The number of amides is 1. The maximum Gasteiger partial charge on any atom is 0.323 e. The number of nitrogens with zero attached hydrogens (tertiary/aromatic N) is 2. The molecule has 0 unspecified atom stereocenters. The Bertz CT molecular complexity index is 906. The highest BCUT2D eigenvalue weighted by atomic mass is 79.9. The Morgan fingerprint density at radius 2 is 2.19 bits per heavy atom. The van der Waals surface area contributed by atoms with Crippen molar-refractivity contribution in [1.29, 1.82) is 0 Å². The Hall–Kier alpha value is -2.85. The lowest BCUT2D eigenvalue weighted by Gasteiger charge is -2.07. The van der Waals surface area contributed by atoms with Crippen molar-refractivity contribution in [3.05, 3.63) is 55.5 Å². The van der Waals surface area contributed by atoms with Crippen molar-refractivity contribution >= 4 is 45.3 Å². The molecule has 0 saturated carbocycles. The van der Waals surface area contributed by atoms with E-state index in [0.29, 0.717) is 15.2 Å².